The molecule has 0 saturated heterocycles. The van der Waals surface area contributed by atoms with Crippen molar-refractivity contribution in [2.45, 2.75) is 38.5 Å². The van der Waals surface area contributed by atoms with Gasteiger partial charge in [0.05, 0.1) is 0 Å². The quantitative estimate of drug-likeness (QED) is 0.585. The van der Waals surface area contributed by atoms with Crippen LogP contribution in [-0.4, -0.2) is 12.6 Å². The maximum absolute atomic E-state index is 10.9. The topological polar surface area (TPSA) is 34.1 Å². The van der Waals surface area contributed by atoms with Crippen LogP contribution in [0.4, 0.5) is 0 Å². The van der Waals surface area contributed by atoms with Gasteiger partial charge >= 0.3 is 0 Å². The first kappa shape index (κ1) is 7.96. The Morgan fingerprint density at radius 3 is 1.42 bits per heavy atom. The summed E-state index contributed by atoms with van der Waals surface area (Å²) in [5.41, 5.74) is -0.486. The molecule has 0 heterocycles. The van der Waals surface area contributed by atoms with Crippen LogP contribution < -0.4 is 0 Å². The molecule has 2 aliphatic carbocycles. The molecule has 0 aliphatic heterocycles. The Kier molecular flexibility index (Phi) is 1.60. The Morgan fingerprint density at radius 2 is 1.17 bits per heavy atom. The zero-order valence-corrected chi connectivity index (χ0v) is 7.21. The van der Waals surface area contributed by atoms with Gasteiger partial charge in [0, 0.05) is 10.8 Å². The van der Waals surface area contributed by atoms with Crippen LogP contribution in [0.2, 0.25) is 0 Å². The third-order valence-corrected chi connectivity index (χ3v) is 3.96. The smallest absolute Gasteiger partial charge is 0.127 e. The van der Waals surface area contributed by atoms with Gasteiger partial charge in [-0.3, -0.25) is 0 Å². The molecule has 2 saturated carbocycles. The van der Waals surface area contributed by atoms with Gasteiger partial charge in [-0.25, -0.2) is 0 Å². The third-order valence-electron chi connectivity index (χ3n) is 3.96. The molecule has 2 fully saturated rings. The molecule has 0 radical (unpaired) electrons. The molecule has 0 aromatic carbocycles. The number of fused-ring (bicyclic) bond motifs is 1. The molecule has 0 aromatic heterocycles. The average Bonchev–Trinajstić information content (AvgIpc) is 2.09. The lowest BCUT2D eigenvalue weighted by Gasteiger charge is -2.56. The second-order valence-corrected chi connectivity index (χ2v) is 4.26. The molecule has 2 atom stereocenters. The van der Waals surface area contributed by atoms with Gasteiger partial charge in [-0.15, -0.1) is 0 Å². The molecule has 0 spiro atoms. The lowest BCUT2D eigenvalue weighted by atomic mass is 9.45. The fraction of sp³-hybridized carbons (Fsp3) is 0.800. The minimum atomic E-state index is -0.243. The van der Waals surface area contributed by atoms with Crippen LogP contribution in [0.1, 0.15) is 38.5 Å². The molecule has 2 heteroatoms. The van der Waals surface area contributed by atoms with Crippen LogP contribution in [0, 0.1) is 10.8 Å². The lowest BCUT2D eigenvalue weighted by Crippen LogP contribution is -2.55. The number of carbonyl (C=O) groups excluding carboxylic acids is 2. The van der Waals surface area contributed by atoms with Crippen molar-refractivity contribution < 1.29 is 9.59 Å². The fourth-order valence-electron chi connectivity index (χ4n) is 2.87. The zero-order valence-electron chi connectivity index (χ0n) is 7.21. The second kappa shape index (κ2) is 2.41. The highest BCUT2D eigenvalue weighted by Crippen LogP contribution is 2.62. The molecule has 0 amide bonds. The molecule has 0 bridgehead atoms. The van der Waals surface area contributed by atoms with Crippen LogP contribution in [-0.2, 0) is 9.59 Å². The highest BCUT2D eigenvalue weighted by atomic mass is 16.1. The number of hydrogen-bond acceptors (Lipinski definition) is 2. The molecule has 66 valence electrons. The fourth-order valence-corrected chi connectivity index (χ4v) is 2.87. The van der Waals surface area contributed by atoms with E-state index in [1.54, 1.807) is 0 Å². The Bertz CT molecular complexity index is 200. The van der Waals surface area contributed by atoms with E-state index in [1.807, 2.05) is 0 Å². The lowest BCUT2D eigenvalue weighted by molar-refractivity contribution is -0.157. The van der Waals surface area contributed by atoms with E-state index in [0.29, 0.717) is 0 Å². The monoisotopic (exact) mass is 166 g/mol. The van der Waals surface area contributed by atoms with Gasteiger partial charge in [-0.05, 0) is 25.7 Å². The first-order valence-corrected chi connectivity index (χ1v) is 4.71. The van der Waals surface area contributed by atoms with E-state index < -0.39 is 0 Å². The van der Waals surface area contributed by atoms with Crippen molar-refractivity contribution in [3.8, 4) is 0 Å². The summed E-state index contributed by atoms with van der Waals surface area (Å²) in [5, 5.41) is 0. The summed E-state index contributed by atoms with van der Waals surface area (Å²) in [7, 11) is 0. The Morgan fingerprint density at radius 1 is 0.750 bits per heavy atom. The molecular weight excluding hydrogens is 152 g/mol. The summed E-state index contributed by atoms with van der Waals surface area (Å²) in [6, 6.07) is 0. The molecule has 2 rings (SSSR count). The number of carbonyl (C=O) groups is 2. The van der Waals surface area contributed by atoms with Crippen molar-refractivity contribution in [1.82, 2.24) is 0 Å². The zero-order chi connectivity index (χ0) is 8.66. The van der Waals surface area contributed by atoms with Crippen molar-refractivity contribution in [2.75, 3.05) is 0 Å². The maximum Gasteiger partial charge on any atom is 0.127 e. The molecule has 12 heavy (non-hydrogen) atoms. The highest BCUT2D eigenvalue weighted by Gasteiger charge is 2.59. The SMILES string of the molecule is O=CC12CCCCC1(C=O)CC2. The van der Waals surface area contributed by atoms with E-state index in [2.05, 4.69) is 0 Å². The van der Waals surface area contributed by atoms with E-state index in [0.717, 1.165) is 51.1 Å². The number of rotatable bonds is 2. The summed E-state index contributed by atoms with van der Waals surface area (Å²) in [5.74, 6) is 0. The van der Waals surface area contributed by atoms with Crippen LogP contribution in [0.5, 0.6) is 0 Å². The predicted octanol–water partition coefficient (Wildman–Crippen LogP) is 1.72. The summed E-state index contributed by atoms with van der Waals surface area (Å²) in [6.45, 7) is 0. The molecule has 2 unspecified atom stereocenters. The van der Waals surface area contributed by atoms with E-state index in [-0.39, 0.29) is 10.8 Å². The number of aldehydes is 2. The van der Waals surface area contributed by atoms with Gasteiger partial charge in [0.2, 0.25) is 0 Å². The van der Waals surface area contributed by atoms with E-state index >= 15 is 0 Å². The van der Waals surface area contributed by atoms with E-state index in [1.165, 1.54) is 0 Å². The van der Waals surface area contributed by atoms with Crippen molar-refractivity contribution in [2.24, 2.45) is 10.8 Å². The van der Waals surface area contributed by atoms with Gasteiger partial charge in [0.1, 0.15) is 12.6 Å². The minimum Gasteiger partial charge on any atom is -0.303 e. The average molecular weight is 166 g/mol. The Balaban J connectivity index is 2.30. The van der Waals surface area contributed by atoms with Crippen molar-refractivity contribution in [3.63, 3.8) is 0 Å². The van der Waals surface area contributed by atoms with Crippen LogP contribution in [0.25, 0.3) is 0 Å². The standard InChI is InChI=1S/C10H14O2/c11-7-9-3-1-2-4-10(9,8-12)6-5-9/h7-8H,1-6H2. The number of hydrogen-bond donors (Lipinski definition) is 0. The normalized spacial score (nSPS) is 45.7. The molecule has 0 aromatic rings. The van der Waals surface area contributed by atoms with Gasteiger partial charge in [-0.1, -0.05) is 12.8 Å². The van der Waals surface area contributed by atoms with Crippen LogP contribution in [0.15, 0.2) is 0 Å². The summed E-state index contributed by atoms with van der Waals surface area (Å²) in [4.78, 5) is 21.9. The maximum atomic E-state index is 10.9. The highest BCUT2D eigenvalue weighted by molar-refractivity contribution is 5.76. The predicted molar refractivity (Wildman–Crippen MR) is 44.7 cm³/mol. The first-order chi connectivity index (χ1) is 5.79. The molecular formula is C10H14O2. The van der Waals surface area contributed by atoms with Crippen LogP contribution >= 0.6 is 0 Å². The molecule has 2 aliphatic rings. The summed E-state index contributed by atoms with van der Waals surface area (Å²) in [6.07, 6.45) is 8.09. The minimum absolute atomic E-state index is 0.243. The summed E-state index contributed by atoms with van der Waals surface area (Å²) < 4.78 is 0. The molecule has 0 N–H and O–H groups in total. The van der Waals surface area contributed by atoms with Crippen LogP contribution in [0.3, 0.4) is 0 Å². The van der Waals surface area contributed by atoms with Crippen molar-refractivity contribution >= 4 is 12.6 Å². The van der Waals surface area contributed by atoms with Crippen molar-refractivity contribution in [3.05, 3.63) is 0 Å². The van der Waals surface area contributed by atoms with Gasteiger partial charge < -0.3 is 9.59 Å². The van der Waals surface area contributed by atoms with Gasteiger partial charge in [-0.2, -0.15) is 0 Å². The van der Waals surface area contributed by atoms with Gasteiger partial charge in [0.15, 0.2) is 0 Å². The first-order valence-electron chi connectivity index (χ1n) is 4.71. The van der Waals surface area contributed by atoms with E-state index in [4.69, 9.17) is 0 Å². The van der Waals surface area contributed by atoms with Crippen molar-refractivity contribution in [1.29, 1.82) is 0 Å². The Labute approximate surface area is 72.3 Å². The van der Waals surface area contributed by atoms with Gasteiger partial charge in [0.25, 0.3) is 0 Å². The van der Waals surface area contributed by atoms with E-state index in [9.17, 15) is 9.59 Å². The summed E-state index contributed by atoms with van der Waals surface area (Å²) >= 11 is 0. The largest absolute Gasteiger partial charge is 0.303 e. The second-order valence-electron chi connectivity index (χ2n) is 4.26. The Hall–Kier alpha value is -0.660. The third kappa shape index (κ3) is 0.706. The molecule has 2 nitrogen and oxygen atoms in total.